The van der Waals surface area contributed by atoms with Crippen LogP contribution in [0.2, 0.25) is 0 Å². The molecule has 0 aliphatic carbocycles. The van der Waals surface area contributed by atoms with Crippen molar-refractivity contribution in [2.75, 3.05) is 4.90 Å². The van der Waals surface area contributed by atoms with Gasteiger partial charge in [-0.05, 0) is 25.0 Å². The fourth-order valence-electron chi connectivity index (χ4n) is 2.07. The van der Waals surface area contributed by atoms with Crippen molar-refractivity contribution in [3.8, 4) is 0 Å². The highest BCUT2D eigenvalue weighted by Gasteiger charge is 2.30. The molecule has 1 aliphatic heterocycles. The Balaban J connectivity index is 2.28. The summed E-state index contributed by atoms with van der Waals surface area (Å²) in [5, 5.41) is 0. The summed E-state index contributed by atoms with van der Waals surface area (Å²) in [6.45, 7) is 2.14. The molecule has 0 N–H and O–H groups in total. The number of hydrogen-bond acceptors (Lipinski definition) is 1. The lowest BCUT2D eigenvalue weighted by molar-refractivity contribution is -0.117. The highest BCUT2D eigenvalue weighted by atomic mass is 16.2. The normalized spacial score (nSPS) is 21.6. The van der Waals surface area contributed by atoms with Gasteiger partial charge in [0.2, 0.25) is 5.91 Å². The van der Waals surface area contributed by atoms with E-state index in [0.717, 1.165) is 18.5 Å². The Morgan fingerprint density at radius 3 is 2.71 bits per heavy atom. The highest BCUT2D eigenvalue weighted by molar-refractivity contribution is 5.96. The maximum atomic E-state index is 11.7. The lowest BCUT2D eigenvalue weighted by Crippen LogP contribution is -2.32. The molecule has 1 aromatic carbocycles. The molecule has 1 atom stereocenters. The molecule has 0 aromatic heterocycles. The van der Waals surface area contributed by atoms with Gasteiger partial charge in [0.05, 0.1) is 0 Å². The van der Waals surface area contributed by atoms with E-state index < -0.39 is 0 Å². The third-order valence-electron chi connectivity index (χ3n) is 2.83. The van der Waals surface area contributed by atoms with Crippen molar-refractivity contribution in [2.24, 2.45) is 0 Å². The second-order valence-electron chi connectivity index (χ2n) is 3.70. The summed E-state index contributed by atoms with van der Waals surface area (Å²) >= 11 is 0. The Labute approximate surface area is 84.5 Å². The molecule has 14 heavy (non-hydrogen) atoms. The molecule has 0 radical (unpaired) electrons. The maximum absolute atomic E-state index is 11.7. The van der Waals surface area contributed by atoms with Crippen molar-refractivity contribution < 1.29 is 4.79 Å². The summed E-state index contributed by atoms with van der Waals surface area (Å²) in [6, 6.07) is 10.4. The Hall–Kier alpha value is -1.31. The van der Waals surface area contributed by atoms with Crippen LogP contribution < -0.4 is 4.90 Å². The SMILES string of the molecule is CC[C@H]1CCC(=O)N1c1ccccc1. The predicted octanol–water partition coefficient (Wildman–Crippen LogP) is 2.59. The molecule has 2 nitrogen and oxygen atoms in total. The number of rotatable bonds is 2. The fraction of sp³-hybridized carbons (Fsp3) is 0.417. The number of hydrogen-bond donors (Lipinski definition) is 0. The van der Waals surface area contributed by atoms with Gasteiger partial charge in [0.25, 0.3) is 0 Å². The smallest absolute Gasteiger partial charge is 0.227 e. The van der Waals surface area contributed by atoms with Crippen LogP contribution in [0.25, 0.3) is 0 Å². The Bertz CT molecular complexity index is 320. The summed E-state index contributed by atoms with van der Waals surface area (Å²) in [5.41, 5.74) is 1.04. The number of anilines is 1. The monoisotopic (exact) mass is 189 g/mol. The molecule has 2 heteroatoms. The zero-order chi connectivity index (χ0) is 9.97. The lowest BCUT2D eigenvalue weighted by atomic mass is 10.1. The molecule has 0 unspecified atom stereocenters. The van der Waals surface area contributed by atoms with Gasteiger partial charge in [-0.1, -0.05) is 25.1 Å². The number of carbonyl (C=O) groups is 1. The van der Waals surface area contributed by atoms with Crippen LogP contribution >= 0.6 is 0 Å². The van der Waals surface area contributed by atoms with Crippen LogP contribution in [0.5, 0.6) is 0 Å². The number of para-hydroxylation sites is 1. The molecule has 0 saturated carbocycles. The zero-order valence-electron chi connectivity index (χ0n) is 8.44. The zero-order valence-corrected chi connectivity index (χ0v) is 8.44. The fourth-order valence-corrected chi connectivity index (χ4v) is 2.07. The van der Waals surface area contributed by atoms with Crippen LogP contribution in [0.1, 0.15) is 26.2 Å². The van der Waals surface area contributed by atoms with Gasteiger partial charge in [0, 0.05) is 18.2 Å². The first-order valence-corrected chi connectivity index (χ1v) is 5.20. The lowest BCUT2D eigenvalue weighted by Gasteiger charge is -2.23. The second kappa shape index (κ2) is 3.82. The van der Waals surface area contributed by atoms with Crippen molar-refractivity contribution in [2.45, 2.75) is 32.2 Å². The standard InChI is InChI=1S/C12H15NO/c1-2-10-8-9-12(14)13(10)11-6-4-3-5-7-11/h3-7,10H,2,8-9H2,1H3/t10-/m0/s1. The van der Waals surface area contributed by atoms with Crippen molar-refractivity contribution in [3.05, 3.63) is 30.3 Å². The van der Waals surface area contributed by atoms with E-state index in [9.17, 15) is 4.79 Å². The molecule has 1 heterocycles. The first kappa shape index (κ1) is 9.25. The molecule has 1 fully saturated rings. The first-order chi connectivity index (χ1) is 6.83. The Kier molecular flexibility index (Phi) is 2.53. The maximum Gasteiger partial charge on any atom is 0.227 e. The van der Waals surface area contributed by atoms with Gasteiger partial charge in [-0.2, -0.15) is 0 Å². The number of nitrogens with zero attached hydrogens (tertiary/aromatic N) is 1. The summed E-state index contributed by atoms with van der Waals surface area (Å²) in [5.74, 6) is 0.267. The van der Waals surface area contributed by atoms with Crippen LogP contribution in [0.15, 0.2) is 30.3 Å². The summed E-state index contributed by atoms with van der Waals surface area (Å²) in [4.78, 5) is 13.6. The molecule has 2 rings (SSSR count). The van der Waals surface area contributed by atoms with Crippen molar-refractivity contribution in [1.82, 2.24) is 0 Å². The van der Waals surface area contributed by atoms with Gasteiger partial charge < -0.3 is 4.90 Å². The average Bonchev–Trinajstić information content (AvgIpc) is 2.61. The van der Waals surface area contributed by atoms with Crippen molar-refractivity contribution >= 4 is 11.6 Å². The van der Waals surface area contributed by atoms with Gasteiger partial charge in [-0.3, -0.25) is 4.79 Å². The molecule has 0 spiro atoms. The average molecular weight is 189 g/mol. The van der Waals surface area contributed by atoms with Gasteiger partial charge in [-0.15, -0.1) is 0 Å². The van der Waals surface area contributed by atoms with Crippen LogP contribution in [0.3, 0.4) is 0 Å². The number of amides is 1. The molecule has 74 valence electrons. The van der Waals surface area contributed by atoms with Crippen LogP contribution in [0, 0.1) is 0 Å². The number of carbonyl (C=O) groups excluding carboxylic acids is 1. The van der Waals surface area contributed by atoms with Gasteiger partial charge in [0.15, 0.2) is 0 Å². The van der Waals surface area contributed by atoms with E-state index in [1.807, 2.05) is 35.2 Å². The van der Waals surface area contributed by atoms with E-state index in [2.05, 4.69) is 6.92 Å². The third kappa shape index (κ3) is 1.52. The van der Waals surface area contributed by atoms with E-state index >= 15 is 0 Å². The molecule has 0 bridgehead atoms. The molecule has 1 saturated heterocycles. The molecule has 1 amide bonds. The number of benzene rings is 1. The summed E-state index contributed by atoms with van der Waals surface area (Å²) in [7, 11) is 0. The topological polar surface area (TPSA) is 20.3 Å². The Morgan fingerprint density at radius 2 is 2.07 bits per heavy atom. The summed E-state index contributed by atoms with van der Waals surface area (Å²) < 4.78 is 0. The third-order valence-corrected chi connectivity index (χ3v) is 2.83. The first-order valence-electron chi connectivity index (χ1n) is 5.20. The molecule has 1 aliphatic rings. The highest BCUT2D eigenvalue weighted by Crippen LogP contribution is 2.27. The Morgan fingerprint density at radius 1 is 1.36 bits per heavy atom. The van der Waals surface area contributed by atoms with E-state index in [0.29, 0.717) is 12.5 Å². The van der Waals surface area contributed by atoms with Crippen LogP contribution in [0.4, 0.5) is 5.69 Å². The minimum Gasteiger partial charge on any atom is -0.309 e. The quantitative estimate of drug-likeness (QED) is 0.700. The second-order valence-corrected chi connectivity index (χ2v) is 3.70. The van der Waals surface area contributed by atoms with Crippen molar-refractivity contribution in [1.29, 1.82) is 0 Å². The van der Waals surface area contributed by atoms with E-state index in [1.165, 1.54) is 0 Å². The molecular formula is C12H15NO. The predicted molar refractivity (Wildman–Crippen MR) is 57.2 cm³/mol. The molecular weight excluding hydrogens is 174 g/mol. The van der Waals surface area contributed by atoms with Crippen LogP contribution in [-0.4, -0.2) is 11.9 Å². The van der Waals surface area contributed by atoms with E-state index in [4.69, 9.17) is 0 Å². The van der Waals surface area contributed by atoms with Crippen molar-refractivity contribution in [3.63, 3.8) is 0 Å². The minimum atomic E-state index is 0.267. The van der Waals surface area contributed by atoms with E-state index in [1.54, 1.807) is 0 Å². The largest absolute Gasteiger partial charge is 0.309 e. The molecule has 1 aromatic rings. The van der Waals surface area contributed by atoms with E-state index in [-0.39, 0.29) is 5.91 Å². The minimum absolute atomic E-state index is 0.267. The van der Waals surface area contributed by atoms with Gasteiger partial charge in [0.1, 0.15) is 0 Å². The van der Waals surface area contributed by atoms with Gasteiger partial charge >= 0.3 is 0 Å². The summed E-state index contributed by atoms with van der Waals surface area (Å²) in [6.07, 6.45) is 2.75. The van der Waals surface area contributed by atoms with Crippen LogP contribution in [-0.2, 0) is 4.79 Å². The van der Waals surface area contributed by atoms with Gasteiger partial charge in [-0.25, -0.2) is 0 Å².